The van der Waals surface area contributed by atoms with Crippen molar-refractivity contribution in [2.75, 3.05) is 0 Å². The summed E-state index contributed by atoms with van der Waals surface area (Å²) in [6, 6.07) is 0. The average molecular weight is 189 g/mol. The molecule has 0 bridgehead atoms. The van der Waals surface area contributed by atoms with Gasteiger partial charge in [-0.25, -0.2) is 8.42 Å². The van der Waals surface area contributed by atoms with Gasteiger partial charge in [0.05, 0.1) is 0 Å². The molecule has 0 aliphatic carbocycles. The monoisotopic (exact) mass is 189 g/mol. The molecule has 0 saturated heterocycles. The van der Waals surface area contributed by atoms with E-state index >= 15 is 0 Å². The van der Waals surface area contributed by atoms with Gasteiger partial charge in [-0.15, -0.1) is 0 Å². The summed E-state index contributed by atoms with van der Waals surface area (Å²) in [6.45, 7) is 0. The Kier molecular flexibility index (Phi) is 17.7. The van der Waals surface area contributed by atoms with Crippen molar-refractivity contribution < 1.29 is 116 Å². The van der Waals surface area contributed by atoms with Crippen LogP contribution in [0.15, 0.2) is 0 Å². The van der Waals surface area contributed by atoms with Gasteiger partial charge in [0.25, 0.3) is 0 Å². The molecular formula is HK2NO4S. The molecule has 0 atom stereocenters. The topological polar surface area (TPSA) is 92.3 Å². The van der Waals surface area contributed by atoms with E-state index in [1.165, 1.54) is 0 Å². The third-order valence-corrected chi connectivity index (χ3v) is 0.306. The first kappa shape index (κ1) is 17.3. The van der Waals surface area contributed by atoms with Gasteiger partial charge in [-0.2, -0.15) is 0 Å². The van der Waals surface area contributed by atoms with E-state index in [2.05, 4.69) is 0 Å². The molecule has 1 N–H and O–H groups in total. The van der Waals surface area contributed by atoms with E-state index in [0.717, 1.165) is 0 Å². The zero-order valence-corrected chi connectivity index (χ0v) is 11.6. The summed E-state index contributed by atoms with van der Waals surface area (Å²) >= 11 is 0. The van der Waals surface area contributed by atoms with Gasteiger partial charge in [0.2, 0.25) is 0 Å². The van der Waals surface area contributed by atoms with E-state index in [0.29, 0.717) is 0 Å². The molecule has 0 saturated carbocycles. The number of hydrogen-bond donors (Lipinski definition) is 1. The van der Waals surface area contributed by atoms with E-state index in [1.807, 2.05) is 0 Å². The summed E-state index contributed by atoms with van der Waals surface area (Å²) in [5.41, 5.74) is 0. The second-order valence-corrected chi connectivity index (χ2v) is 1.61. The van der Waals surface area contributed by atoms with Crippen LogP contribution >= 0.6 is 0 Å². The summed E-state index contributed by atoms with van der Waals surface area (Å²) in [6.07, 6.45) is 0. The molecule has 8 heavy (non-hydrogen) atoms. The van der Waals surface area contributed by atoms with Crippen LogP contribution < -0.4 is 108 Å². The Balaban J connectivity index is -0.000000125. The van der Waals surface area contributed by atoms with Gasteiger partial charge in [0, 0.05) is 0 Å². The Morgan fingerprint density at radius 2 is 1.38 bits per heavy atom. The maximum Gasteiger partial charge on any atom is 1.00 e. The molecule has 0 aromatic rings. The molecule has 0 radical (unpaired) electrons. The Morgan fingerprint density at radius 1 is 1.25 bits per heavy atom. The van der Waals surface area contributed by atoms with Crippen molar-refractivity contribution in [3.63, 3.8) is 0 Å². The van der Waals surface area contributed by atoms with Crippen LogP contribution in [0, 0.1) is 5.21 Å². The molecule has 0 amide bonds. The summed E-state index contributed by atoms with van der Waals surface area (Å²) in [5, 5.41) is 8.80. The van der Waals surface area contributed by atoms with Gasteiger partial charge in [-0.3, -0.25) is 0 Å². The predicted molar refractivity (Wildman–Crippen MR) is 16.2 cm³/mol. The summed E-state index contributed by atoms with van der Waals surface area (Å²) < 4.78 is 27.1. The van der Waals surface area contributed by atoms with Crippen LogP contribution in [-0.4, -0.2) is 13.0 Å². The first-order valence-corrected chi connectivity index (χ1v) is 2.32. The van der Waals surface area contributed by atoms with E-state index in [9.17, 15) is 0 Å². The standard InChI is InChI=1S/2K.H2NO4S/c;;2-1-6(3,4)5/h;;1H,(H,3,4,5)/q2*+1;-1/p-1. The molecule has 5 nitrogen and oxygen atoms in total. The summed E-state index contributed by atoms with van der Waals surface area (Å²) in [4.78, 5) is 0.271. The fourth-order valence-electron chi connectivity index (χ4n) is 0. The van der Waals surface area contributed by atoms with Gasteiger partial charge in [-0.05, 0) is 0 Å². The minimum Gasteiger partial charge on any atom is -0.776 e. The quantitative estimate of drug-likeness (QED) is 0.252. The van der Waals surface area contributed by atoms with E-state index in [-0.39, 0.29) is 108 Å². The Hall–Kier alpha value is 3.10. The van der Waals surface area contributed by atoms with Crippen LogP contribution in [0.4, 0.5) is 0 Å². The molecule has 0 rings (SSSR count). The number of hydrogen-bond acceptors (Lipinski definition) is 4. The third-order valence-electron chi connectivity index (χ3n) is 0.102. The molecule has 0 aliphatic heterocycles. The molecule has 0 aromatic carbocycles. The van der Waals surface area contributed by atoms with Crippen LogP contribution in [0.1, 0.15) is 0 Å². The number of nitrogens with one attached hydrogen (secondary N) is 1. The zero-order valence-electron chi connectivity index (χ0n) is 4.54. The fourth-order valence-corrected chi connectivity index (χ4v) is 0. The van der Waals surface area contributed by atoms with Crippen molar-refractivity contribution in [2.45, 2.75) is 0 Å². The van der Waals surface area contributed by atoms with Gasteiger partial charge >= 0.3 is 103 Å². The van der Waals surface area contributed by atoms with Crippen molar-refractivity contribution in [1.82, 2.24) is 4.89 Å². The van der Waals surface area contributed by atoms with Gasteiger partial charge in [0.15, 0.2) is 0 Å². The van der Waals surface area contributed by atoms with Crippen molar-refractivity contribution in [3.05, 3.63) is 5.21 Å². The molecule has 0 aliphatic rings. The zero-order chi connectivity index (χ0) is 5.21. The molecule has 8 heteroatoms. The molecule has 0 unspecified atom stereocenters. The average Bonchev–Trinajstić information content (AvgIpc) is 1.35. The Bertz CT molecular complexity index is 116. The normalized spacial score (nSPS) is 8.75. The smallest absolute Gasteiger partial charge is 0.776 e. The van der Waals surface area contributed by atoms with Crippen LogP contribution in [0.25, 0.3) is 0 Å². The van der Waals surface area contributed by atoms with E-state index in [4.69, 9.17) is 18.2 Å². The molecule has 0 heterocycles. The SMILES string of the molecule is O=S(=O)([O-])N[O-].[K+].[K+]. The van der Waals surface area contributed by atoms with Crippen molar-refractivity contribution >= 4 is 10.3 Å². The Morgan fingerprint density at radius 3 is 1.38 bits per heavy atom. The first-order valence-electron chi connectivity index (χ1n) is 0.908. The van der Waals surface area contributed by atoms with Crippen LogP contribution in [0.2, 0.25) is 0 Å². The predicted octanol–water partition coefficient (Wildman–Crippen LogP) is -7.46. The third kappa shape index (κ3) is 16.0. The van der Waals surface area contributed by atoms with Crippen molar-refractivity contribution in [2.24, 2.45) is 0 Å². The van der Waals surface area contributed by atoms with Crippen LogP contribution in [0.5, 0.6) is 0 Å². The second kappa shape index (κ2) is 8.20. The first-order chi connectivity index (χ1) is 2.56. The molecule has 0 aromatic heterocycles. The molecule has 0 fully saturated rings. The van der Waals surface area contributed by atoms with Crippen LogP contribution in [0.3, 0.4) is 0 Å². The molecular weight excluding hydrogens is 188 g/mol. The van der Waals surface area contributed by atoms with E-state index < -0.39 is 10.3 Å². The molecule has 38 valence electrons. The minimum atomic E-state index is -4.72. The summed E-state index contributed by atoms with van der Waals surface area (Å²) in [5.74, 6) is 0. The largest absolute Gasteiger partial charge is 1.00 e. The number of rotatable bonds is 1. The maximum absolute atomic E-state index is 9.02. The maximum atomic E-state index is 9.02. The second-order valence-electron chi connectivity index (χ2n) is 0.537. The molecule has 0 spiro atoms. The van der Waals surface area contributed by atoms with Gasteiger partial charge in [0.1, 0.15) is 10.3 Å². The summed E-state index contributed by atoms with van der Waals surface area (Å²) in [7, 11) is -4.72. The Labute approximate surface area is 132 Å². The van der Waals surface area contributed by atoms with E-state index in [1.54, 1.807) is 0 Å². The van der Waals surface area contributed by atoms with Gasteiger partial charge in [-0.1, -0.05) is 0 Å². The van der Waals surface area contributed by atoms with Crippen LogP contribution in [-0.2, 0) is 10.3 Å². The van der Waals surface area contributed by atoms with Gasteiger partial charge < -0.3 is 14.6 Å². The van der Waals surface area contributed by atoms with Crippen molar-refractivity contribution in [3.8, 4) is 0 Å². The fraction of sp³-hybridized carbons (Fsp3) is 0. The van der Waals surface area contributed by atoms with Crippen molar-refractivity contribution in [1.29, 1.82) is 0 Å². The minimum absolute atomic E-state index is 0.